The molecule has 0 radical (unpaired) electrons. The molecule has 20 heavy (non-hydrogen) atoms. The first-order valence-corrected chi connectivity index (χ1v) is 8.18. The molecule has 1 aromatic carbocycles. The van der Waals surface area contributed by atoms with Crippen molar-refractivity contribution in [1.82, 2.24) is 4.90 Å². The Morgan fingerprint density at radius 2 is 1.65 bits per heavy atom. The number of hydrogen-bond donors (Lipinski definition) is 0. The van der Waals surface area contributed by atoms with Gasteiger partial charge in [0.1, 0.15) is 0 Å². The van der Waals surface area contributed by atoms with Gasteiger partial charge in [0, 0.05) is 30.4 Å². The summed E-state index contributed by atoms with van der Waals surface area (Å²) in [4.78, 5) is 5.29. The zero-order valence-corrected chi connectivity index (χ0v) is 13.2. The highest BCUT2D eigenvalue weighted by Gasteiger charge is 2.35. The first-order chi connectivity index (χ1) is 9.57. The average molecular weight is 272 g/mol. The van der Waals surface area contributed by atoms with Crippen molar-refractivity contribution in [2.75, 3.05) is 24.5 Å². The number of hydrogen-bond acceptors (Lipinski definition) is 2. The van der Waals surface area contributed by atoms with Crippen molar-refractivity contribution < 1.29 is 0 Å². The number of likely N-dealkylation sites (tertiary alicyclic amines) is 1. The van der Waals surface area contributed by atoms with Crippen molar-refractivity contribution >= 4 is 5.69 Å². The number of rotatable bonds is 2. The van der Waals surface area contributed by atoms with Crippen LogP contribution >= 0.6 is 0 Å². The molecule has 1 aromatic rings. The number of nitrogens with zero attached hydrogens (tertiary/aromatic N) is 2. The Morgan fingerprint density at radius 1 is 0.950 bits per heavy atom. The van der Waals surface area contributed by atoms with Crippen LogP contribution in [0.15, 0.2) is 24.3 Å². The molecule has 0 N–H and O–H groups in total. The molecule has 2 heterocycles. The van der Waals surface area contributed by atoms with E-state index in [1.54, 1.807) is 5.56 Å². The van der Waals surface area contributed by atoms with Gasteiger partial charge in [-0.15, -0.1) is 0 Å². The van der Waals surface area contributed by atoms with Crippen LogP contribution in [0.4, 0.5) is 5.69 Å². The molecule has 1 atom stereocenters. The summed E-state index contributed by atoms with van der Waals surface area (Å²) >= 11 is 0. The third-order valence-corrected chi connectivity index (χ3v) is 4.86. The third kappa shape index (κ3) is 2.58. The van der Waals surface area contributed by atoms with E-state index in [-0.39, 0.29) is 5.54 Å². The van der Waals surface area contributed by atoms with Crippen LogP contribution in [0.3, 0.4) is 0 Å². The van der Waals surface area contributed by atoms with E-state index in [9.17, 15) is 0 Å². The van der Waals surface area contributed by atoms with Crippen LogP contribution in [-0.2, 0) is 0 Å². The quantitative estimate of drug-likeness (QED) is 0.795. The predicted octanol–water partition coefficient (Wildman–Crippen LogP) is 4.22. The van der Waals surface area contributed by atoms with E-state index < -0.39 is 0 Å². The highest BCUT2D eigenvalue weighted by molar-refractivity contribution is 5.56. The van der Waals surface area contributed by atoms with Crippen molar-refractivity contribution in [1.29, 1.82) is 0 Å². The van der Waals surface area contributed by atoms with E-state index in [0.717, 1.165) is 0 Å². The zero-order chi connectivity index (χ0) is 14.2. The molecule has 2 saturated heterocycles. The molecule has 3 rings (SSSR count). The molecule has 0 amide bonds. The Hall–Kier alpha value is -1.02. The molecule has 1 unspecified atom stereocenters. The standard InChI is InChI=1S/C18H28N2/c1-18(2,3)20-14-8-11-17(20)15-9-4-5-10-16(15)19-12-6-7-13-19/h4-5,9-10,17H,6-8,11-14H2,1-3H3. The molecule has 0 aromatic heterocycles. The zero-order valence-electron chi connectivity index (χ0n) is 13.2. The monoisotopic (exact) mass is 272 g/mol. The van der Waals surface area contributed by atoms with Crippen molar-refractivity contribution in [3.05, 3.63) is 29.8 Å². The topological polar surface area (TPSA) is 6.48 Å². The van der Waals surface area contributed by atoms with Crippen molar-refractivity contribution in [3.8, 4) is 0 Å². The van der Waals surface area contributed by atoms with E-state index in [1.807, 2.05) is 0 Å². The van der Waals surface area contributed by atoms with Gasteiger partial charge in [-0.3, -0.25) is 4.90 Å². The minimum absolute atomic E-state index is 0.263. The lowest BCUT2D eigenvalue weighted by Crippen LogP contribution is -2.41. The summed E-state index contributed by atoms with van der Waals surface area (Å²) in [7, 11) is 0. The fourth-order valence-corrected chi connectivity index (χ4v) is 3.91. The normalized spacial score (nSPS) is 24.6. The SMILES string of the molecule is CC(C)(C)N1CCCC1c1ccccc1N1CCCC1. The Labute approximate surface area is 123 Å². The molecule has 0 saturated carbocycles. The Balaban J connectivity index is 1.93. The highest BCUT2D eigenvalue weighted by Crippen LogP contribution is 2.41. The average Bonchev–Trinajstić information content (AvgIpc) is 3.09. The summed E-state index contributed by atoms with van der Waals surface area (Å²) in [6.07, 6.45) is 5.34. The van der Waals surface area contributed by atoms with Gasteiger partial charge in [-0.25, -0.2) is 0 Å². The molecule has 2 fully saturated rings. The molecule has 0 aliphatic carbocycles. The van der Waals surface area contributed by atoms with Crippen LogP contribution in [0.25, 0.3) is 0 Å². The van der Waals surface area contributed by atoms with Gasteiger partial charge < -0.3 is 4.90 Å². The van der Waals surface area contributed by atoms with Crippen molar-refractivity contribution in [2.45, 2.75) is 58.0 Å². The number of para-hydroxylation sites is 1. The minimum atomic E-state index is 0.263. The maximum atomic E-state index is 2.70. The molecule has 2 aliphatic heterocycles. The second-order valence-corrected chi connectivity index (χ2v) is 7.28. The molecule has 110 valence electrons. The second-order valence-electron chi connectivity index (χ2n) is 7.28. The maximum absolute atomic E-state index is 2.70. The van der Waals surface area contributed by atoms with E-state index in [0.29, 0.717) is 6.04 Å². The second kappa shape index (κ2) is 5.40. The number of anilines is 1. The first kappa shape index (κ1) is 13.9. The Bertz CT molecular complexity index is 455. The smallest absolute Gasteiger partial charge is 0.0414 e. The van der Waals surface area contributed by atoms with Gasteiger partial charge in [-0.05, 0) is 64.6 Å². The largest absolute Gasteiger partial charge is 0.371 e. The van der Waals surface area contributed by atoms with Gasteiger partial charge in [0.05, 0.1) is 0 Å². The van der Waals surface area contributed by atoms with Crippen LogP contribution in [0.5, 0.6) is 0 Å². The van der Waals surface area contributed by atoms with Crippen LogP contribution in [0, 0.1) is 0 Å². The summed E-state index contributed by atoms with van der Waals surface area (Å²) in [5, 5.41) is 0. The van der Waals surface area contributed by atoms with E-state index in [1.165, 1.54) is 51.0 Å². The summed E-state index contributed by atoms with van der Waals surface area (Å²) in [5.74, 6) is 0. The Kier molecular flexibility index (Phi) is 3.76. The predicted molar refractivity (Wildman–Crippen MR) is 86.3 cm³/mol. The lowest BCUT2D eigenvalue weighted by atomic mass is 9.97. The lowest BCUT2D eigenvalue weighted by molar-refractivity contribution is 0.122. The summed E-state index contributed by atoms with van der Waals surface area (Å²) in [6, 6.07) is 9.72. The molecular weight excluding hydrogens is 244 g/mol. The van der Waals surface area contributed by atoms with Gasteiger partial charge in [-0.1, -0.05) is 18.2 Å². The molecule has 0 bridgehead atoms. The highest BCUT2D eigenvalue weighted by atomic mass is 15.2. The van der Waals surface area contributed by atoms with Gasteiger partial charge in [0.25, 0.3) is 0 Å². The third-order valence-electron chi connectivity index (χ3n) is 4.86. The van der Waals surface area contributed by atoms with E-state index in [4.69, 9.17) is 0 Å². The molecular formula is C18H28N2. The minimum Gasteiger partial charge on any atom is -0.371 e. The molecule has 2 heteroatoms. The van der Waals surface area contributed by atoms with Crippen molar-refractivity contribution in [2.24, 2.45) is 0 Å². The van der Waals surface area contributed by atoms with Crippen LogP contribution in [0.2, 0.25) is 0 Å². The summed E-state index contributed by atoms with van der Waals surface area (Å²) in [6.45, 7) is 10.8. The van der Waals surface area contributed by atoms with Crippen LogP contribution in [0.1, 0.15) is 58.1 Å². The Morgan fingerprint density at radius 3 is 2.35 bits per heavy atom. The van der Waals surface area contributed by atoms with Gasteiger partial charge >= 0.3 is 0 Å². The molecule has 0 spiro atoms. The van der Waals surface area contributed by atoms with E-state index >= 15 is 0 Å². The molecule has 2 nitrogen and oxygen atoms in total. The number of benzene rings is 1. The van der Waals surface area contributed by atoms with Crippen molar-refractivity contribution in [3.63, 3.8) is 0 Å². The first-order valence-electron chi connectivity index (χ1n) is 8.18. The van der Waals surface area contributed by atoms with Crippen LogP contribution < -0.4 is 4.90 Å². The van der Waals surface area contributed by atoms with E-state index in [2.05, 4.69) is 54.8 Å². The van der Waals surface area contributed by atoms with Gasteiger partial charge in [0.15, 0.2) is 0 Å². The summed E-state index contributed by atoms with van der Waals surface area (Å²) in [5.41, 5.74) is 3.31. The van der Waals surface area contributed by atoms with Crippen LogP contribution in [-0.4, -0.2) is 30.1 Å². The fraction of sp³-hybridized carbons (Fsp3) is 0.667. The fourth-order valence-electron chi connectivity index (χ4n) is 3.91. The van der Waals surface area contributed by atoms with Gasteiger partial charge in [0.2, 0.25) is 0 Å². The lowest BCUT2D eigenvalue weighted by Gasteiger charge is -2.38. The maximum Gasteiger partial charge on any atom is 0.0414 e. The summed E-state index contributed by atoms with van der Waals surface area (Å²) < 4.78 is 0. The molecule has 2 aliphatic rings. The van der Waals surface area contributed by atoms with Gasteiger partial charge in [-0.2, -0.15) is 0 Å².